The SMILES string of the molecule is CN(C(=O)[C@H](Cc1ccccc1)NC=O)c1ccc2c(c1)OCO2. The summed E-state index contributed by atoms with van der Waals surface area (Å²) >= 11 is 0. The van der Waals surface area contributed by atoms with Crippen molar-refractivity contribution in [3.63, 3.8) is 0 Å². The molecule has 2 amide bonds. The van der Waals surface area contributed by atoms with Crippen LogP contribution in [0, 0.1) is 0 Å². The van der Waals surface area contributed by atoms with E-state index in [0.29, 0.717) is 30.0 Å². The number of nitrogens with one attached hydrogen (secondary N) is 1. The van der Waals surface area contributed by atoms with E-state index >= 15 is 0 Å². The molecule has 6 heteroatoms. The number of ether oxygens (including phenoxy) is 2. The Labute approximate surface area is 140 Å². The Kier molecular flexibility index (Phi) is 4.65. The highest BCUT2D eigenvalue weighted by Gasteiger charge is 2.24. The van der Waals surface area contributed by atoms with Gasteiger partial charge >= 0.3 is 0 Å². The van der Waals surface area contributed by atoms with E-state index in [0.717, 1.165) is 5.56 Å². The predicted molar refractivity (Wildman–Crippen MR) is 89.1 cm³/mol. The number of hydrogen-bond acceptors (Lipinski definition) is 4. The number of anilines is 1. The Hall–Kier alpha value is -3.02. The zero-order valence-corrected chi connectivity index (χ0v) is 13.3. The quantitative estimate of drug-likeness (QED) is 0.821. The molecule has 0 saturated carbocycles. The van der Waals surface area contributed by atoms with Crippen molar-refractivity contribution in [2.75, 3.05) is 18.7 Å². The minimum atomic E-state index is -0.639. The number of carbonyl (C=O) groups excluding carboxylic acids is 2. The van der Waals surface area contributed by atoms with E-state index in [9.17, 15) is 9.59 Å². The molecular weight excluding hydrogens is 308 g/mol. The van der Waals surface area contributed by atoms with Crippen LogP contribution in [0.5, 0.6) is 11.5 Å². The van der Waals surface area contributed by atoms with Crippen LogP contribution in [0.1, 0.15) is 5.56 Å². The lowest BCUT2D eigenvalue weighted by Gasteiger charge is -2.24. The number of benzene rings is 2. The molecule has 0 aromatic heterocycles. The third-order valence-corrected chi connectivity index (χ3v) is 3.92. The van der Waals surface area contributed by atoms with Crippen molar-refractivity contribution in [3.05, 3.63) is 54.1 Å². The Balaban J connectivity index is 1.77. The number of carbonyl (C=O) groups is 2. The Morgan fingerprint density at radius 1 is 1.21 bits per heavy atom. The highest BCUT2D eigenvalue weighted by atomic mass is 16.7. The molecule has 0 saturated heterocycles. The normalized spacial score (nSPS) is 13.2. The van der Waals surface area contributed by atoms with E-state index in [1.807, 2.05) is 30.3 Å². The Morgan fingerprint density at radius 3 is 2.71 bits per heavy atom. The van der Waals surface area contributed by atoms with Crippen molar-refractivity contribution < 1.29 is 19.1 Å². The second-order valence-corrected chi connectivity index (χ2v) is 5.46. The number of hydrogen-bond donors (Lipinski definition) is 1. The van der Waals surface area contributed by atoms with Crippen LogP contribution in [0.25, 0.3) is 0 Å². The second kappa shape index (κ2) is 7.04. The van der Waals surface area contributed by atoms with E-state index in [1.165, 1.54) is 4.90 Å². The number of likely N-dealkylation sites (N-methyl/N-ethyl adjacent to an activating group) is 1. The summed E-state index contributed by atoms with van der Waals surface area (Å²) in [4.78, 5) is 25.2. The number of amides is 2. The summed E-state index contributed by atoms with van der Waals surface area (Å²) in [6.07, 6.45) is 0.978. The summed E-state index contributed by atoms with van der Waals surface area (Å²) < 4.78 is 10.6. The van der Waals surface area contributed by atoms with Crippen LogP contribution in [0.2, 0.25) is 0 Å². The van der Waals surface area contributed by atoms with Crippen molar-refractivity contribution >= 4 is 18.0 Å². The fraction of sp³-hybridized carbons (Fsp3) is 0.222. The fourth-order valence-electron chi connectivity index (χ4n) is 2.60. The molecule has 1 N–H and O–H groups in total. The zero-order valence-electron chi connectivity index (χ0n) is 13.3. The minimum absolute atomic E-state index is 0.180. The summed E-state index contributed by atoms with van der Waals surface area (Å²) in [5.74, 6) is 1.06. The lowest BCUT2D eigenvalue weighted by atomic mass is 10.0. The maximum atomic E-state index is 12.8. The first-order valence-corrected chi connectivity index (χ1v) is 7.60. The molecule has 1 atom stereocenters. The van der Waals surface area contributed by atoms with E-state index in [2.05, 4.69) is 5.32 Å². The third-order valence-electron chi connectivity index (χ3n) is 3.92. The molecule has 1 heterocycles. The molecule has 3 rings (SSSR count). The molecule has 24 heavy (non-hydrogen) atoms. The van der Waals surface area contributed by atoms with E-state index < -0.39 is 6.04 Å². The standard InChI is InChI=1S/C18H18N2O4/c1-20(14-7-8-16-17(10-14)24-12-23-16)18(22)15(19-11-21)9-13-5-3-2-4-6-13/h2-8,10-11,15H,9,12H2,1H3,(H,19,21)/t15-/m0/s1. The van der Waals surface area contributed by atoms with Crippen molar-refractivity contribution in [2.24, 2.45) is 0 Å². The molecule has 0 spiro atoms. The highest BCUT2D eigenvalue weighted by Crippen LogP contribution is 2.35. The van der Waals surface area contributed by atoms with Crippen LogP contribution in [-0.2, 0) is 16.0 Å². The van der Waals surface area contributed by atoms with Gasteiger partial charge in [-0.2, -0.15) is 0 Å². The molecule has 0 bridgehead atoms. The lowest BCUT2D eigenvalue weighted by Crippen LogP contribution is -2.46. The number of fused-ring (bicyclic) bond motifs is 1. The molecule has 2 aromatic rings. The molecular formula is C18H18N2O4. The topological polar surface area (TPSA) is 67.9 Å². The Morgan fingerprint density at radius 2 is 1.96 bits per heavy atom. The van der Waals surface area contributed by atoms with Crippen LogP contribution in [0.3, 0.4) is 0 Å². The monoisotopic (exact) mass is 326 g/mol. The second-order valence-electron chi connectivity index (χ2n) is 5.46. The van der Waals surface area contributed by atoms with Gasteiger partial charge in [-0.05, 0) is 17.7 Å². The van der Waals surface area contributed by atoms with Crippen LogP contribution in [0.4, 0.5) is 5.69 Å². The Bertz CT molecular complexity index is 733. The highest BCUT2D eigenvalue weighted by molar-refractivity contribution is 5.98. The predicted octanol–water partition coefficient (Wildman–Crippen LogP) is 1.74. The number of rotatable bonds is 6. The average Bonchev–Trinajstić information content (AvgIpc) is 3.08. The van der Waals surface area contributed by atoms with Gasteiger partial charge in [0.15, 0.2) is 11.5 Å². The molecule has 1 aliphatic rings. The summed E-state index contributed by atoms with van der Waals surface area (Å²) in [7, 11) is 1.67. The van der Waals surface area contributed by atoms with Crippen molar-refractivity contribution in [1.82, 2.24) is 5.32 Å². The maximum Gasteiger partial charge on any atom is 0.249 e. The lowest BCUT2D eigenvalue weighted by molar-refractivity contribution is -0.122. The first-order chi connectivity index (χ1) is 11.7. The summed E-state index contributed by atoms with van der Waals surface area (Å²) in [5, 5.41) is 2.61. The summed E-state index contributed by atoms with van der Waals surface area (Å²) in [6, 6.07) is 14.2. The molecule has 2 aromatic carbocycles. The van der Waals surface area contributed by atoms with Gasteiger partial charge in [0.1, 0.15) is 6.04 Å². The molecule has 124 valence electrons. The van der Waals surface area contributed by atoms with Gasteiger partial charge in [0.25, 0.3) is 0 Å². The van der Waals surface area contributed by atoms with Gasteiger partial charge in [0, 0.05) is 25.2 Å². The van der Waals surface area contributed by atoms with Gasteiger partial charge < -0.3 is 19.7 Å². The average molecular weight is 326 g/mol. The largest absolute Gasteiger partial charge is 0.454 e. The van der Waals surface area contributed by atoms with Gasteiger partial charge in [-0.1, -0.05) is 30.3 Å². The molecule has 6 nitrogen and oxygen atoms in total. The van der Waals surface area contributed by atoms with Crippen LogP contribution in [0.15, 0.2) is 48.5 Å². The van der Waals surface area contributed by atoms with E-state index in [-0.39, 0.29) is 12.7 Å². The van der Waals surface area contributed by atoms with E-state index in [4.69, 9.17) is 9.47 Å². The first kappa shape index (κ1) is 15.9. The van der Waals surface area contributed by atoms with Gasteiger partial charge in [-0.25, -0.2) is 0 Å². The molecule has 0 radical (unpaired) electrons. The summed E-state index contributed by atoms with van der Waals surface area (Å²) in [5.41, 5.74) is 1.65. The molecule has 0 aliphatic carbocycles. The number of nitrogens with zero attached hydrogens (tertiary/aromatic N) is 1. The van der Waals surface area contributed by atoms with Gasteiger partial charge in [-0.15, -0.1) is 0 Å². The first-order valence-electron chi connectivity index (χ1n) is 7.60. The fourth-order valence-corrected chi connectivity index (χ4v) is 2.60. The molecule has 1 aliphatic heterocycles. The smallest absolute Gasteiger partial charge is 0.249 e. The minimum Gasteiger partial charge on any atom is -0.454 e. The van der Waals surface area contributed by atoms with Gasteiger partial charge in [-0.3, -0.25) is 9.59 Å². The van der Waals surface area contributed by atoms with Crippen molar-refractivity contribution in [3.8, 4) is 11.5 Å². The summed E-state index contributed by atoms with van der Waals surface area (Å²) in [6.45, 7) is 0.180. The van der Waals surface area contributed by atoms with Crippen molar-refractivity contribution in [1.29, 1.82) is 0 Å². The van der Waals surface area contributed by atoms with Crippen LogP contribution >= 0.6 is 0 Å². The zero-order chi connectivity index (χ0) is 16.9. The van der Waals surface area contributed by atoms with Crippen LogP contribution < -0.4 is 19.7 Å². The molecule has 0 unspecified atom stereocenters. The van der Waals surface area contributed by atoms with Crippen LogP contribution in [-0.4, -0.2) is 32.2 Å². The van der Waals surface area contributed by atoms with Gasteiger partial charge in [0.05, 0.1) is 0 Å². The van der Waals surface area contributed by atoms with E-state index in [1.54, 1.807) is 25.2 Å². The van der Waals surface area contributed by atoms with Gasteiger partial charge in [0.2, 0.25) is 19.1 Å². The molecule has 0 fully saturated rings. The maximum absolute atomic E-state index is 12.8. The third kappa shape index (κ3) is 3.32. The van der Waals surface area contributed by atoms with Crippen molar-refractivity contribution in [2.45, 2.75) is 12.5 Å².